The molecule has 1 aliphatic heterocycles. The van der Waals surface area contributed by atoms with Crippen molar-refractivity contribution in [1.29, 1.82) is 0 Å². The number of carbonyl (C=O) groups excluding carboxylic acids is 1. The highest BCUT2D eigenvalue weighted by Crippen LogP contribution is 2.09. The van der Waals surface area contributed by atoms with Gasteiger partial charge in [-0.3, -0.25) is 4.90 Å². The zero-order valence-electron chi connectivity index (χ0n) is 15.5. The number of sulfonamides is 1. The molecule has 1 fully saturated rings. The topological polar surface area (TPSA) is 99.0 Å². The summed E-state index contributed by atoms with van der Waals surface area (Å²) in [6.07, 6.45) is 0.638. The van der Waals surface area contributed by atoms with Gasteiger partial charge in [0.05, 0.1) is 4.90 Å². The number of likely N-dealkylation sites (N-methyl/N-ethyl adjacent to an activating group) is 1. The molecule has 1 saturated heterocycles. The molecule has 3 N–H and O–H groups in total. The number of benzene rings is 1. The molecule has 26 heavy (non-hydrogen) atoms. The third-order valence-corrected chi connectivity index (χ3v) is 5.39. The molecule has 0 unspecified atom stereocenters. The summed E-state index contributed by atoms with van der Waals surface area (Å²) in [5.41, 5.74) is 0.950. The molecule has 0 aromatic heterocycles. The summed E-state index contributed by atoms with van der Waals surface area (Å²) in [7, 11) is 0.459. The number of nitrogens with one attached hydrogen (secondary N) is 1. The number of nitrogens with two attached hydrogens (primary N) is 1. The van der Waals surface area contributed by atoms with Crippen LogP contribution in [0.3, 0.4) is 0 Å². The second-order valence-corrected chi connectivity index (χ2v) is 8.36. The lowest BCUT2D eigenvalue weighted by Gasteiger charge is -2.35. The minimum absolute atomic E-state index is 0.0431. The minimum Gasteiger partial charge on any atom is -0.338 e. The quantitative estimate of drug-likeness (QED) is 0.677. The molecule has 0 spiro atoms. The molecule has 0 saturated carbocycles. The summed E-state index contributed by atoms with van der Waals surface area (Å²) in [6, 6.07) is 6.36. The molecule has 0 radical (unpaired) electrons. The van der Waals surface area contributed by atoms with Gasteiger partial charge in [0.1, 0.15) is 0 Å². The first kappa shape index (κ1) is 20.6. The number of rotatable bonds is 7. The summed E-state index contributed by atoms with van der Waals surface area (Å²) in [5.74, 6) is 0. The van der Waals surface area contributed by atoms with Gasteiger partial charge in [0, 0.05) is 45.8 Å². The lowest BCUT2D eigenvalue weighted by Crippen LogP contribution is -2.52. The molecular formula is C17H29N5O3S. The summed E-state index contributed by atoms with van der Waals surface area (Å²) < 4.78 is 22.5. The highest BCUT2D eigenvalue weighted by Gasteiger charge is 2.20. The first-order chi connectivity index (χ1) is 12.3. The van der Waals surface area contributed by atoms with Gasteiger partial charge in [-0.2, -0.15) is 0 Å². The molecule has 1 aromatic rings. The fourth-order valence-corrected chi connectivity index (χ4v) is 3.30. The van der Waals surface area contributed by atoms with Gasteiger partial charge in [0.15, 0.2) is 0 Å². The molecule has 1 aromatic carbocycles. The van der Waals surface area contributed by atoms with Crippen LogP contribution in [0.15, 0.2) is 29.2 Å². The zero-order valence-corrected chi connectivity index (χ0v) is 16.3. The number of urea groups is 1. The van der Waals surface area contributed by atoms with Gasteiger partial charge in [-0.05, 0) is 38.2 Å². The Morgan fingerprint density at radius 2 is 1.77 bits per heavy atom. The molecular weight excluding hydrogens is 354 g/mol. The van der Waals surface area contributed by atoms with Crippen LogP contribution in [-0.2, 0) is 16.4 Å². The number of carbonyl (C=O) groups is 1. The van der Waals surface area contributed by atoms with E-state index in [1.165, 1.54) is 12.1 Å². The fourth-order valence-electron chi connectivity index (χ4n) is 2.79. The lowest BCUT2D eigenvalue weighted by molar-refractivity contribution is 0.133. The van der Waals surface area contributed by atoms with Crippen LogP contribution in [0.1, 0.15) is 5.56 Å². The Morgan fingerprint density at radius 3 is 2.31 bits per heavy atom. The molecule has 0 atom stereocenters. The van der Waals surface area contributed by atoms with Crippen molar-refractivity contribution >= 4 is 16.1 Å². The Balaban J connectivity index is 1.69. The second kappa shape index (κ2) is 9.31. The van der Waals surface area contributed by atoms with Gasteiger partial charge in [-0.15, -0.1) is 0 Å². The van der Waals surface area contributed by atoms with E-state index in [1.807, 2.05) is 4.90 Å². The Kier molecular flexibility index (Phi) is 7.39. The van der Waals surface area contributed by atoms with E-state index >= 15 is 0 Å². The van der Waals surface area contributed by atoms with E-state index in [0.717, 1.165) is 44.8 Å². The number of primary sulfonamides is 1. The van der Waals surface area contributed by atoms with E-state index in [0.29, 0.717) is 13.0 Å². The molecule has 1 aliphatic rings. The fraction of sp³-hybridized carbons (Fsp3) is 0.588. The Morgan fingerprint density at radius 1 is 1.15 bits per heavy atom. The maximum atomic E-state index is 12.2. The van der Waals surface area contributed by atoms with Crippen LogP contribution in [-0.4, -0.2) is 89.1 Å². The second-order valence-electron chi connectivity index (χ2n) is 6.80. The van der Waals surface area contributed by atoms with Crippen molar-refractivity contribution in [3.63, 3.8) is 0 Å². The molecule has 146 valence electrons. The van der Waals surface area contributed by atoms with Crippen molar-refractivity contribution in [1.82, 2.24) is 20.0 Å². The van der Waals surface area contributed by atoms with Crippen molar-refractivity contribution in [3.8, 4) is 0 Å². The van der Waals surface area contributed by atoms with E-state index in [9.17, 15) is 13.2 Å². The van der Waals surface area contributed by atoms with Gasteiger partial charge in [0.2, 0.25) is 10.0 Å². The average molecular weight is 384 g/mol. The number of nitrogens with zero attached hydrogens (tertiary/aromatic N) is 3. The van der Waals surface area contributed by atoms with Crippen molar-refractivity contribution in [2.45, 2.75) is 11.3 Å². The molecule has 2 amide bonds. The van der Waals surface area contributed by atoms with Crippen LogP contribution in [0.2, 0.25) is 0 Å². The highest BCUT2D eigenvalue weighted by molar-refractivity contribution is 7.89. The van der Waals surface area contributed by atoms with Crippen LogP contribution < -0.4 is 10.5 Å². The van der Waals surface area contributed by atoms with E-state index in [2.05, 4.69) is 29.2 Å². The van der Waals surface area contributed by atoms with Crippen LogP contribution in [0.5, 0.6) is 0 Å². The van der Waals surface area contributed by atoms with Crippen molar-refractivity contribution in [2.75, 3.05) is 59.9 Å². The monoisotopic (exact) mass is 383 g/mol. The van der Waals surface area contributed by atoms with E-state index in [1.54, 1.807) is 12.1 Å². The molecule has 8 nitrogen and oxygen atoms in total. The third kappa shape index (κ3) is 6.56. The first-order valence-electron chi connectivity index (χ1n) is 8.77. The first-order valence-corrected chi connectivity index (χ1v) is 10.3. The van der Waals surface area contributed by atoms with Gasteiger partial charge in [-0.25, -0.2) is 18.4 Å². The lowest BCUT2D eigenvalue weighted by atomic mass is 10.1. The van der Waals surface area contributed by atoms with Crippen LogP contribution in [0.25, 0.3) is 0 Å². The zero-order chi connectivity index (χ0) is 19.2. The van der Waals surface area contributed by atoms with Crippen molar-refractivity contribution in [3.05, 3.63) is 29.8 Å². The van der Waals surface area contributed by atoms with Crippen LogP contribution >= 0.6 is 0 Å². The summed E-state index contributed by atoms with van der Waals surface area (Å²) in [4.78, 5) is 18.7. The van der Waals surface area contributed by atoms with Crippen LogP contribution in [0, 0.1) is 0 Å². The van der Waals surface area contributed by atoms with Gasteiger partial charge in [0.25, 0.3) is 0 Å². The Labute approximate surface area is 156 Å². The number of hydrogen-bond donors (Lipinski definition) is 2. The summed E-state index contributed by atoms with van der Waals surface area (Å²) >= 11 is 0. The highest BCUT2D eigenvalue weighted by atomic mass is 32.2. The van der Waals surface area contributed by atoms with Crippen LogP contribution in [0.4, 0.5) is 4.79 Å². The Bertz CT molecular complexity index is 683. The Hall–Kier alpha value is -1.68. The maximum absolute atomic E-state index is 12.2. The molecule has 9 heteroatoms. The minimum atomic E-state index is -3.66. The molecule has 0 aliphatic carbocycles. The number of hydrogen-bond acceptors (Lipinski definition) is 5. The van der Waals surface area contributed by atoms with Gasteiger partial charge >= 0.3 is 6.03 Å². The smallest absolute Gasteiger partial charge is 0.317 e. The van der Waals surface area contributed by atoms with Crippen molar-refractivity contribution in [2.24, 2.45) is 5.14 Å². The van der Waals surface area contributed by atoms with Gasteiger partial charge < -0.3 is 15.1 Å². The predicted molar refractivity (Wildman–Crippen MR) is 101 cm³/mol. The number of piperazine rings is 1. The van der Waals surface area contributed by atoms with Gasteiger partial charge in [-0.1, -0.05) is 12.1 Å². The number of amides is 2. The van der Waals surface area contributed by atoms with E-state index < -0.39 is 10.0 Å². The largest absolute Gasteiger partial charge is 0.338 e. The molecule has 0 bridgehead atoms. The average Bonchev–Trinajstić information content (AvgIpc) is 2.60. The van der Waals surface area contributed by atoms with E-state index in [-0.39, 0.29) is 10.9 Å². The summed E-state index contributed by atoms with van der Waals surface area (Å²) in [5, 5.41) is 8.00. The third-order valence-electron chi connectivity index (χ3n) is 4.46. The van der Waals surface area contributed by atoms with Crippen molar-refractivity contribution < 1.29 is 13.2 Å². The standard InChI is InChI=1S/C17H29N5O3S/c1-20(2)9-10-21-11-13-22(14-12-21)17(23)19-8-7-15-3-5-16(6-4-15)26(18,24)25/h3-6H,7-14H2,1-2H3,(H,19,23)(H2,18,24,25). The molecule has 2 rings (SSSR count). The predicted octanol–water partition coefficient (Wildman–Crippen LogP) is -0.235. The SMILES string of the molecule is CN(C)CCN1CCN(C(=O)NCCc2ccc(S(N)(=O)=O)cc2)CC1. The maximum Gasteiger partial charge on any atom is 0.317 e. The summed E-state index contributed by atoms with van der Waals surface area (Å²) in [6.45, 7) is 5.83. The normalized spacial score (nSPS) is 16.1. The van der Waals surface area contributed by atoms with E-state index in [4.69, 9.17) is 5.14 Å². The molecule has 1 heterocycles.